The standard InChI is InChI=1S/C13H9F2N3O6S/c1-7-4-10(15)13(6-11(7)17(19)20)25(23,24)16-8-2-3-9(14)12(5-8)18(21)22/h2-6,16H,1H3. The maximum atomic E-state index is 14.0. The fraction of sp³-hybridized carbons (Fsp3) is 0.0769. The van der Waals surface area contributed by atoms with Crippen LogP contribution in [0, 0.1) is 38.8 Å². The van der Waals surface area contributed by atoms with E-state index in [0.717, 1.165) is 6.07 Å². The van der Waals surface area contributed by atoms with Crippen molar-refractivity contribution in [2.75, 3.05) is 4.72 Å². The summed E-state index contributed by atoms with van der Waals surface area (Å²) in [4.78, 5) is 18.6. The SMILES string of the molecule is Cc1cc(F)c(S(=O)(=O)Nc2ccc(F)c([N+](=O)[O-])c2)cc1[N+](=O)[O-]. The van der Waals surface area contributed by atoms with Gasteiger partial charge in [-0.15, -0.1) is 0 Å². The molecule has 0 saturated heterocycles. The third-order valence-corrected chi connectivity index (χ3v) is 4.53. The van der Waals surface area contributed by atoms with Gasteiger partial charge in [-0.25, -0.2) is 12.8 Å². The molecule has 0 radical (unpaired) electrons. The number of nitro benzene ring substituents is 2. The first-order valence-electron chi connectivity index (χ1n) is 6.44. The predicted octanol–water partition coefficient (Wildman–Crippen LogP) is 2.89. The first-order chi connectivity index (χ1) is 11.5. The minimum Gasteiger partial charge on any atom is -0.279 e. The van der Waals surface area contributed by atoms with Gasteiger partial charge in [-0.1, -0.05) is 0 Å². The van der Waals surface area contributed by atoms with Crippen molar-refractivity contribution in [2.45, 2.75) is 11.8 Å². The summed E-state index contributed by atoms with van der Waals surface area (Å²) in [5, 5.41) is 21.6. The number of halogens is 2. The van der Waals surface area contributed by atoms with Gasteiger partial charge in [0.2, 0.25) is 5.82 Å². The third-order valence-electron chi connectivity index (χ3n) is 3.13. The normalized spacial score (nSPS) is 11.2. The number of sulfonamides is 1. The summed E-state index contributed by atoms with van der Waals surface area (Å²) >= 11 is 0. The largest absolute Gasteiger partial charge is 0.306 e. The van der Waals surface area contributed by atoms with E-state index < -0.39 is 53.5 Å². The van der Waals surface area contributed by atoms with E-state index in [1.807, 2.05) is 4.72 Å². The van der Waals surface area contributed by atoms with E-state index in [0.29, 0.717) is 24.3 Å². The Balaban J connectivity index is 2.50. The molecular formula is C13H9F2N3O6S. The van der Waals surface area contributed by atoms with E-state index in [2.05, 4.69) is 0 Å². The Morgan fingerprint density at radius 1 is 0.960 bits per heavy atom. The van der Waals surface area contributed by atoms with Crippen LogP contribution in [-0.2, 0) is 10.0 Å². The monoisotopic (exact) mass is 373 g/mol. The van der Waals surface area contributed by atoms with Crippen molar-refractivity contribution in [3.63, 3.8) is 0 Å². The maximum Gasteiger partial charge on any atom is 0.306 e. The minimum atomic E-state index is -4.65. The Hall–Kier alpha value is -3.15. The Bertz CT molecular complexity index is 993. The lowest BCUT2D eigenvalue weighted by atomic mass is 10.2. The summed E-state index contributed by atoms with van der Waals surface area (Å²) in [7, 11) is -4.65. The molecule has 0 spiro atoms. The summed E-state index contributed by atoms with van der Waals surface area (Å²) in [5.74, 6) is -2.43. The number of anilines is 1. The second-order valence-corrected chi connectivity index (χ2v) is 6.51. The van der Waals surface area contributed by atoms with E-state index >= 15 is 0 Å². The van der Waals surface area contributed by atoms with Gasteiger partial charge in [0.05, 0.1) is 15.5 Å². The second-order valence-electron chi connectivity index (χ2n) is 4.86. The smallest absolute Gasteiger partial charge is 0.279 e. The lowest BCUT2D eigenvalue weighted by Gasteiger charge is -2.10. The summed E-state index contributed by atoms with van der Waals surface area (Å²) in [6, 6.07) is 3.36. The zero-order valence-electron chi connectivity index (χ0n) is 12.4. The number of nitro groups is 2. The van der Waals surface area contributed by atoms with Gasteiger partial charge in [0.15, 0.2) is 0 Å². The molecule has 0 fully saturated rings. The van der Waals surface area contributed by atoms with Gasteiger partial charge in [0.25, 0.3) is 15.7 Å². The average molecular weight is 373 g/mol. The van der Waals surface area contributed by atoms with Crippen molar-refractivity contribution in [2.24, 2.45) is 0 Å². The van der Waals surface area contributed by atoms with Crippen LogP contribution < -0.4 is 4.72 Å². The highest BCUT2D eigenvalue weighted by Gasteiger charge is 2.26. The number of aryl methyl sites for hydroxylation is 1. The van der Waals surface area contributed by atoms with Gasteiger partial charge in [-0.05, 0) is 25.1 Å². The summed E-state index contributed by atoms with van der Waals surface area (Å²) in [5.41, 5.74) is -2.10. The van der Waals surface area contributed by atoms with E-state index in [1.54, 1.807) is 0 Å². The number of benzene rings is 2. The zero-order chi connectivity index (χ0) is 18.9. The lowest BCUT2D eigenvalue weighted by molar-refractivity contribution is -0.387. The van der Waals surface area contributed by atoms with E-state index in [9.17, 15) is 37.4 Å². The van der Waals surface area contributed by atoms with Crippen LogP contribution in [0.5, 0.6) is 0 Å². The number of hydrogen-bond donors (Lipinski definition) is 1. The summed E-state index contributed by atoms with van der Waals surface area (Å²) < 4.78 is 53.5. The van der Waals surface area contributed by atoms with Crippen molar-refractivity contribution in [3.05, 3.63) is 67.8 Å². The zero-order valence-corrected chi connectivity index (χ0v) is 13.2. The molecule has 12 heteroatoms. The summed E-state index contributed by atoms with van der Waals surface area (Å²) in [6.45, 7) is 1.23. The minimum absolute atomic E-state index is 0.0844. The Kier molecular flexibility index (Phi) is 4.65. The molecule has 1 N–H and O–H groups in total. The van der Waals surface area contributed by atoms with Crippen LogP contribution in [0.3, 0.4) is 0 Å². The molecule has 0 aliphatic heterocycles. The highest BCUT2D eigenvalue weighted by molar-refractivity contribution is 7.92. The molecule has 0 heterocycles. The number of nitrogens with zero attached hydrogens (tertiary/aromatic N) is 2. The second kappa shape index (κ2) is 6.39. The van der Waals surface area contributed by atoms with E-state index in [-0.39, 0.29) is 5.56 Å². The van der Waals surface area contributed by atoms with Gasteiger partial charge < -0.3 is 0 Å². The Morgan fingerprint density at radius 3 is 2.12 bits per heavy atom. The molecule has 132 valence electrons. The van der Waals surface area contributed by atoms with Crippen LogP contribution in [0.25, 0.3) is 0 Å². The van der Waals surface area contributed by atoms with Crippen molar-refractivity contribution < 1.29 is 27.0 Å². The molecule has 0 aromatic heterocycles. The fourth-order valence-electron chi connectivity index (χ4n) is 1.97. The number of hydrogen-bond acceptors (Lipinski definition) is 6. The van der Waals surface area contributed by atoms with Gasteiger partial charge in [-0.2, -0.15) is 4.39 Å². The molecule has 0 unspecified atom stereocenters. The third kappa shape index (κ3) is 3.68. The molecule has 0 atom stereocenters. The van der Waals surface area contributed by atoms with Crippen molar-refractivity contribution >= 4 is 27.1 Å². The first kappa shape index (κ1) is 18.2. The van der Waals surface area contributed by atoms with Crippen molar-refractivity contribution in [3.8, 4) is 0 Å². The molecule has 0 aliphatic rings. The molecule has 25 heavy (non-hydrogen) atoms. The molecule has 9 nitrogen and oxygen atoms in total. The van der Waals surface area contributed by atoms with Crippen LogP contribution in [0.4, 0.5) is 25.8 Å². The van der Waals surface area contributed by atoms with E-state index in [4.69, 9.17) is 0 Å². The van der Waals surface area contributed by atoms with Crippen LogP contribution in [-0.4, -0.2) is 18.3 Å². The molecule has 0 saturated carbocycles. The van der Waals surface area contributed by atoms with Crippen LogP contribution in [0.1, 0.15) is 5.56 Å². The Labute approximate surface area is 139 Å². The van der Waals surface area contributed by atoms with Gasteiger partial charge in [-0.3, -0.25) is 25.0 Å². The molecule has 2 aromatic rings. The molecule has 0 amide bonds. The molecular weight excluding hydrogens is 364 g/mol. The fourth-order valence-corrected chi connectivity index (χ4v) is 3.10. The molecule has 0 aliphatic carbocycles. The van der Waals surface area contributed by atoms with E-state index in [1.165, 1.54) is 6.92 Å². The van der Waals surface area contributed by atoms with Gasteiger partial charge in [0.1, 0.15) is 10.7 Å². The topological polar surface area (TPSA) is 132 Å². The lowest BCUT2D eigenvalue weighted by Crippen LogP contribution is -2.15. The van der Waals surface area contributed by atoms with Crippen molar-refractivity contribution in [1.82, 2.24) is 0 Å². The van der Waals surface area contributed by atoms with Crippen LogP contribution in [0.15, 0.2) is 35.2 Å². The summed E-state index contributed by atoms with van der Waals surface area (Å²) in [6.07, 6.45) is 0. The quantitative estimate of drug-likeness (QED) is 0.633. The molecule has 0 bridgehead atoms. The van der Waals surface area contributed by atoms with Gasteiger partial charge in [0, 0.05) is 17.7 Å². The number of nitrogens with one attached hydrogen (secondary N) is 1. The highest BCUT2D eigenvalue weighted by atomic mass is 32.2. The molecule has 2 aromatic carbocycles. The predicted molar refractivity (Wildman–Crippen MR) is 81.7 cm³/mol. The Morgan fingerprint density at radius 2 is 1.56 bits per heavy atom. The number of rotatable bonds is 5. The van der Waals surface area contributed by atoms with Crippen LogP contribution in [0.2, 0.25) is 0 Å². The maximum absolute atomic E-state index is 14.0. The highest BCUT2D eigenvalue weighted by Crippen LogP contribution is 2.28. The first-order valence-corrected chi connectivity index (χ1v) is 7.92. The van der Waals surface area contributed by atoms with Gasteiger partial charge >= 0.3 is 5.69 Å². The molecule has 2 rings (SSSR count). The average Bonchev–Trinajstić information content (AvgIpc) is 2.47. The van der Waals surface area contributed by atoms with Crippen LogP contribution >= 0.6 is 0 Å². The van der Waals surface area contributed by atoms with Crippen molar-refractivity contribution in [1.29, 1.82) is 0 Å².